The van der Waals surface area contributed by atoms with Crippen molar-refractivity contribution in [2.45, 2.75) is 90.1 Å². The first-order valence-corrected chi connectivity index (χ1v) is 19.4. The van der Waals surface area contributed by atoms with E-state index in [1.165, 1.54) is 12.8 Å². The first kappa shape index (κ1) is 46.8. The van der Waals surface area contributed by atoms with Gasteiger partial charge in [0.15, 0.2) is 11.5 Å². The molecule has 2 unspecified atom stereocenters. The fourth-order valence-corrected chi connectivity index (χ4v) is 5.82. The molecule has 16 heteroatoms. The summed E-state index contributed by atoms with van der Waals surface area (Å²) in [6.45, 7) is 6.87. The second-order valence-electron chi connectivity index (χ2n) is 10.7. The van der Waals surface area contributed by atoms with Gasteiger partial charge in [0.25, 0.3) is 12.9 Å². The normalized spacial score (nSPS) is 15.2. The Bertz CT molecular complexity index is 1050. The van der Waals surface area contributed by atoms with Crippen molar-refractivity contribution in [3.05, 3.63) is 60.7 Å². The molecule has 2 atom stereocenters. The van der Waals surface area contributed by atoms with E-state index in [2.05, 4.69) is 16.4 Å². The Morgan fingerprint density at radius 2 is 1.02 bits per heavy atom. The van der Waals surface area contributed by atoms with Crippen molar-refractivity contribution in [3.63, 3.8) is 0 Å². The van der Waals surface area contributed by atoms with E-state index in [9.17, 15) is 23.3 Å². The van der Waals surface area contributed by atoms with Crippen LogP contribution in [0.1, 0.15) is 84.0 Å². The largest absolute Gasteiger partial charge is 0.750 e. The van der Waals surface area contributed by atoms with Crippen LogP contribution in [0.15, 0.2) is 60.7 Å². The van der Waals surface area contributed by atoms with Gasteiger partial charge in [0.05, 0.1) is 19.3 Å². The number of ether oxygens (including phenoxy) is 2. The number of carbonyl (C=O) groups is 3. The molecule has 0 bridgehead atoms. The minimum atomic E-state index is -2.15. The van der Waals surface area contributed by atoms with Gasteiger partial charge >= 0.3 is 25.2 Å². The minimum Gasteiger partial charge on any atom is -0.468 e. The van der Waals surface area contributed by atoms with Gasteiger partial charge in [-0.25, -0.2) is 13.6 Å². The molecule has 0 heterocycles. The monoisotopic (exact) mass is 760 g/mol. The van der Waals surface area contributed by atoms with Crippen molar-refractivity contribution in [1.29, 1.82) is 0 Å². The smallest absolute Gasteiger partial charge is 0.468 e. The molecule has 2 aromatic carbocycles. The van der Waals surface area contributed by atoms with Gasteiger partial charge in [0.2, 0.25) is 0 Å². The van der Waals surface area contributed by atoms with Crippen molar-refractivity contribution in [2.24, 2.45) is 5.92 Å². The molecule has 1 aliphatic carbocycles. The van der Waals surface area contributed by atoms with Crippen LogP contribution in [0.3, 0.4) is 0 Å². The summed E-state index contributed by atoms with van der Waals surface area (Å²) < 4.78 is 67.8. The van der Waals surface area contributed by atoms with Gasteiger partial charge in [-0.1, -0.05) is 56.2 Å². The van der Waals surface area contributed by atoms with E-state index in [0.717, 1.165) is 70.1 Å². The maximum Gasteiger partial charge on any atom is 0.750 e. The highest BCUT2D eigenvalue weighted by Crippen LogP contribution is 2.29. The molecule has 50 heavy (non-hydrogen) atoms. The lowest BCUT2D eigenvalue weighted by Crippen LogP contribution is -2.16. The van der Waals surface area contributed by atoms with Crippen LogP contribution < -0.4 is 9.05 Å². The highest BCUT2D eigenvalue weighted by Gasteiger charge is 2.22. The number of unbranched alkanes of at least 4 members (excludes halogenated alkanes) is 6. The highest BCUT2D eigenvalue weighted by atomic mass is 31.1. The van der Waals surface area contributed by atoms with Crippen LogP contribution in [0.25, 0.3) is 0 Å². The summed E-state index contributed by atoms with van der Waals surface area (Å²) in [6, 6.07) is 17.8. The number of para-hydroxylation sites is 2. The molecule has 0 aliphatic heterocycles. The first-order chi connectivity index (χ1) is 24.5. The summed E-state index contributed by atoms with van der Waals surface area (Å²) in [6.07, 6.45) is 11.9. The van der Waals surface area contributed by atoms with Crippen LogP contribution in [0, 0.1) is 5.92 Å². The Morgan fingerprint density at radius 3 is 1.38 bits per heavy atom. The van der Waals surface area contributed by atoms with Gasteiger partial charge in [0, 0.05) is 9.13 Å². The fourth-order valence-electron chi connectivity index (χ4n) is 4.24. The molecular formula is C34H51O13P3+2. The quantitative estimate of drug-likeness (QED) is 0.0564. The number of carbonyl (C=O) groups excluding carboxylic acids is 3. The van der Waals surface area contributed by atoms with E-state index >= 15 is 0 Å². The van der Waals surface area contributed by atoms with E-state index in [-0.39, 0.29) is 14.8 Å². The highest BCUT2D eigenvalue weighted by molar-refractivity contribution is 7.34. The van der Waals surface area contributed by atoms with Crippen molar-refractivity contribution in [1.82, 2.24) is 0 Å². The van der Waals surface area contributed by atoms with Crippen molar-refractivity contribution < 1.29 is 60.2 Å². The Hall–Kier alpha value is -3.17. The summed E-state index contributed by atoms with van der Waals surface area (Å²) in [4.78, 5) is 27.4. The Labute approximate surface area is 299 Å². The standard InChI is InChI=1S/C18H22O6P2.C8H14O4.C7H13O2P.CH2O/c19-25(23-17-11-5-3-6-12-17)21-15-9-1-2-10-16-22-26(20)24-18-13-7-4-8-14-18;9-7-11-5-3-1-2-4-6-12-8-10;1-6-2-4-7(5-3-6)9-10-8;1-2/h3-8,11-14H,1-2,9-10,15-16H2;7-8H,1-6H2;6-7H,2-5H2,1H3;1H2/q+2;;;. The molecule has 0 aromatic heterocycles. The molecule has 0 radical (unpaired) electrons. The number of hydrogen-bond acceptors (Lipinski definition) is 13. The fraction of sp³-hybridized carbons (Fsp3) is 0.559. The van der Waals surface area contributed by atoms with Gasteiger partial charge in [-0.05, 0) is 94.4 Å². The molecule has 0 spiro atoms. The van der Waals surface area contributed by atoms with E-state index in [1.807, 2.05) is 18.9 Å². The van der Waals surface area contributed by atoms with Gasteiger partial charge in [-0.15, -0.1) is 9.05 Å². The molecule has 1 fully saturated rings. The molecule has 1 saturated carbocycles. The van der Waals surface area contributed by atoms with Gasteiger partial charge in [0.1, 0.15) is 20.0 Å². The molecule has 13 nitrogen and oxygen atoms in total. The Morgan fingerprint density at radius 1 is 0.640 bits per heavy atom. The Kier molecular flexibility index (Phi) is 33.4. The lowest BCUT2D eigenvalue weighted by Gasteiger charge is -2.23. The predicted molar refractivity (Wildman–Crippen MR) is 189 cm³/mol. The molecule has 0 N–H and O–H groups in total. The maximum absolute atomic E-state index is 11.6. The zero-order valence-electron chi connectivity index (χ0n) is 28.8. The summed E-state index contributed by atoms with van der Waals surface area (Å²) in [5, 5.41) is 0. The second kappa shape index (κ2) is 35.6. The van der Waals surface area contributed by atoms with Crippen LogP contribution in [-0.2, 0) is 51.1 Å². The van der Waals surface area contributed by atoms with Gasteiger partial charge < -0.3 is 14.3 Å². The second-order valence-corrected chi connectivity index (χ2v) is 12.9. The lowest BCUT2D eigenvalue weighted by molar-refractivity contribution is -0.129. The molecule has 1 aliphatic rings. The molecule has 0 amide bonds. The summed E-state index contributed by atoms with van der Waals surface area (Å²) >= 11 is 0. The van der Waals surface area contributed by atoms with Crippen LogP contribution >= 0.6 is 25.2 Å². The average Bonchev–Trinajstić information content (AvgIpc) is 3.14. The summed E-state index contributed by atoms with van der Waals surface area (Å²) in [7, 11) is -4.45. The summed E-state index contributed by atoms with van der Waals surface area (Å²) in [5.41, 5.74) is 0. The van der Waals surface area contributed by atoms with Crippen LogP contribution in [0.4, 0.5) is 0 Å². The lowest BCUT2D eigenvalue weighted by atomic mass is 9.89. The van der Waals surface area contributed by atoms with E-state index in [0.29, 0.717) is 50.9 Å². The van der Waals surface area contributed by atoms with Gasteiger partial charge in [-0.2, -0.15) is 0 Å². The molecule has 0 saturated heterocycles. The van der Waals surface area contributed by atoms with E-state index in [4.69, 9.17) is 27.4 Å². The maximum atomic E-state index is 11.6. The SMILES string of the molecule is C=O.CC1CCC(OP=O)CC1.O=COCCCCCCOC=O.O=[P+](OCCCCCCO[P+](=O)Oc1ccccc1)Oc1ccccc1. The van der Waals surface area contributed by atoms with E-state index < -0.39 is 16.5 Å². The van der Waals surface area contributed by atoms with Gasteiger partial charge in [-0.3, -0.25) is 14.1 Å². The van der Waals surface area contributed by atoms with E-state index in [1.54, 1.807) is 48.5 Å². The van der Waals surface area contributed by atoms with Crippen LogP contribution in [0.5, 0.6) is 11.5 Å². The third-order valence-corrected chi connectivity index (χ3v) is 8.73. The predicted octanol–water partition coefficient (Wildman–Crippen LogP) is 9.55. The molecule has 3 rings (SSSR count). The van der Waals surface area contributed by atoms with Crippen molar-refractivity contribution in [3.8, 4) is 11.5 Å². The third-order valence-electron chi connectivity index (χ3n) is 6.84. The zero-order valence-corrected chi connectivity index (χ0v) is 31.4. The molecule has 278 valence electrons. The van der Waals surface area contributed by atoms with Crippen LogP contribution in [-0.4, -0.2) is 52.3 Å². The average molecular weight is 761 g/mol. The Balaban J connectivity index is 0.000000826. The van der Waals surface area contributed by atoms with Crippen molar-refractivity contribution >= 4 is 44.9 Å². The topological polar surface area (TPSA) is 167 Å². The van der Waals surface area contributed by atoms with Crippen LogP contribution in [0.2, 0.25) is 0 Å². The van der Waals surface area contributed by atoms with Crippen molar-refractivity contribution in [2.75, 3.05) is 26.4 Å². The number of rotatable bonds is 24. The number of hydrogen-bond donors (Lipinski definition) is 0. The zero-order chi connectivity index (χ0) is 36.9. The minimum absolute atomic E-state index is 0.155. The first-order valence-electron chi connectivity index (χ1n) is 16.5. The molecule has 2 aromatic rings. The number of benzene rings is 2. The molecular weight excluding hydrogens is 709 g/mol. The summed E-state index contributed by atoms with van der Waals surface area (Å²) in [5.74, 6) is 1.89. The third kappa shape index (κ3) is 29.7.